The predicted molar refractivity (Wildman–Crippen MR) is 88.2 cm³/mol. The summed E-state index contributed by atoms with van der Waals surface area (Å²) in [5.41, 5.74) is 4.26. The average molecular weight is 340 g/mol. The van der Waals surface area contributed by atoms with Gasteiger partial charge in [-0.1, -0.05) is 17.3 Å². The first-order valence-corrected chi connectivity index (χ1v) is 7.78. The second kappa shape index (κ2) is 5.51. The van der Waals surface area contributed by atoms with E-state index in [0.29, 0.717) is 22.6 Å². The number of hydrogen-bond donors (Lipinski definition) is 1. The molecule has 2 aromatic carbocycles. The van der Waals surface area contributed by atoms with Crippen LogP contribution in [0, 0.1) is 25.5 Å². The Hall–Kier alpha value is -3.02. The molecule has 1 aliphatic rings. The van der Waals surface area contributed by atoms with E-state index in [9.17, 15) is 13.6 Å². The minimum atomic E-state index is -0.972. The number of carbonyl (C=O) groups is 1. The Balaban J connectivity index is 1.85. The minimum absolute atomic E-state index is 0.267. The topological polar surface area (TPSA) is 55.1 Å². The molecule has 0 fully saturated rings. The number of hydrogen-bond acceptors (Lipinski definition) is 3. The van der Waals surface area contributed by atoms with Crippen molar-refractivity contribution in [3.05, 3.63) is 70.6 Å². The van der Waals surface area contributed by atoms with Gasteiger partial charge in [-0.25, -0.2) is 8.78 Å². The maximum absolute atomic E-state index is 13.6. The van der Waals surface area contributed by atoms with Crippen LogP contribution in [0.2, 0.25) is 0 Å². The molecule has 0 bridgehead atoms. The van der Waals surface area contributed by atoms with Gasteiger partial charge in [0.1, 0.15) is 5.76 Å². The fraction of sp³-hybridized carbons (Fsp3) is 0.158. The Morgan fingerprint density at radius 3 is 2.56 bits per heavy atom. The van der Waals surface area contributed by atoms with Gasteiger partial charge in [-0.2, -0.15) is 0 Å². The van der Waals surface area contributed by atoms with Crippen molar-refractivity contribution in [2.24, 2.45) is 0 Å². The van der Waals surface area contributed by atoms with Crippen molar-refractivity contribution in [2.45, 2.75) is 19.8 Å². The molecular weight excluding hydrogens is 326 g/mol. The Morgan fingerprint density at radius 2 is 1.88 bits per heavy atom. The maximum atomic E-state index is 13.6. The second-order valence-corrected chi connectivity index (χ2v) is 6.10. The van der Waals surface area contributed by atoms with E-state index in [4.69, 9.17) is 4.52 Å². The lowest BCUT2D eigenvalue weighted by atomic mass is 9.90. The molecule has 0 radical (unpaired) electrons. The Kier molecular flexibility index (Phi) is 3.42. The zero-order valence-electron chi connectivity index (χ0n) is 13.6. The Bertz CT molecular complexity index is 991. The number of aryl methyl sites for hydroxylation is 2. The first kappa shape index (κ1) is 15.5. The zero-order valence-corrected chi connectivity index (χ0v) is 13.6. The largest absolute Gasteiger partial charge is 0.361 e. The van der Waals surface area contributed by atoms with Crippen molar-refractivity contribution in [2.75, 3.05) is 5.32 Å². The van der Waals surface area contributed by atoms with Crippen LogP contribution in [0.1, 0.15) is 28.5 Å². The van der Waals surface area contributed by atoms with E-state index in [1.54, 1.807) is 6.07 Å². The van der Waals surface area contributed by atoms with Gasteiger partial charge in [-0.3, -0.25) is 4.79 Å². The third kappa shape index (κ3) is 2.41. The summed E-state index contributed by atoms with van der Waals surface area (Å²) in [6.45, 7) is 3.66. The minimum Gasteiger partial charge on any atom is -0.361 e. The molecule has 1 aromatic heterocycles. The smallest absolute Gasteiger partial charge is 0.236 e. The third-order valence-corrected chi connectivity index (χ3v) is 4.48. The van der Waals surface area contributed by atoms with E-state index in [2.05, 4.69) is 10.5 Å². The zero-order chi connectivity index (χ0) is 17.7. The van der Waals surface area contributed by atoms with Crippen LogP contribution in [0.25, 0.3) is 11.1 Å². The first-order chi connectivity index (χ1) is 12.0. The summed E-state index contributed by atoms with van der Waals surface area (Å²) in [5.74, 6) is -2.19. The van der Waals surface area contributed by atoms with Crippen LogP contribution in [0.4, 0.5) is 14.5 Å². The quantitative estimate of drug-likeness (QED) is 0.756. The van der Waals surface area contributed by atoms with Gasteiger partial charge in [-0.15, -0.1) is 0 Å². The van der Waals surface area contributed by atoms with E-state index < -0.39 is 17.6 Å². The van der Waals surface area contributed by atoms with Gasteiger partial charge in [0.15, 0.2) is 11.6 Å². The normalized spacial score (nSPS) is 16.0. The lowest BCUT2D eigenvalue weighted by Crippen LogP contribution is -2.13. The molecule has 1 N–H and O–H groups in total. The highest BCUT2D eigenvalue weighted by atomic mass is 19.2. The molecule has 0 aliphatic carbocycles. The molecule has 6 heteroatoms. The molecule has 126 valence electrons. The molecule has 25 heavy (non-hydrogen) atoms. The van der Waals surface area contributed by atoms with Crippen LogP contribution in [0.15, 0.2) is 40.9 Å². The van der Waals surface area contributed by atoms with Gasteiger partial charge < -0.3 is 9.84 Å². The van der Waals surface area contributed by atoms with Crippen LogP contribution in [-0.4, -0.2) is 11.1 Å². The average Bonchev–Trinajstić information content (AvgIpc) is 3.08. The summed E-state index contributed by atoms with van der Waals surface area (Å²) < 4.78 is 32.0. The number of anilines is 1. The number of carbonyl (C=O) groups excluding carboxylic acids is 1. The van der Waals surface area contributed by atoms with Crippen LogP contribution in [0.3, 0.4) is 0 Å². The molecule has 3 aromatic rings. The molecule has 1 amide bonds. The number of benzene rings is 2. The predicted octanol–water partition coefficient (Wildman–Crippen LogP) is 4.32. The molecule has 4 nitrogen and oxygen atoms in total. The number of halogens is 2. The molecule has 2 heterocycles. The third-order valence-electron chi connectivity index (χ3n) is 4.48. The van der Waals surface area contributed by atoms with Crippen LogP contribution in [-0.2, 0) is 4.79 Å². The van der Waals surface area contributed by atoms with Gasteiger partial charge in [0.2, 0.25) is 5.91 Å². The molecular formula is C19H14F2N2O2. The molecule has 4 rings (SSSR count). The molecule has 0 saturated carbocycles. The summed E-state index contributed by atoms with van der Waals surface area (Å²) in [6, 6.07) is 9.07. The van der Waals surface area contributed by atoms with Gasteiger partial charge in [-0.05, 0) is 54.8 Å². The van der Waals surface area contributed by atoms with Crippen LogP contribution >= 0.6 is 0 Å². The van der Waals surface area contributed by atoms with Crippen molar-refractivity contribution in [1.29, 1.82) is 0 Å². The molecule has 1 aliphatic heterocycles. The summed E-state index contributed by atoms with van der Waals surface area (Å²) >= 11 is 0. The van der Waals surface area contributed by atoms with Crippen molar-refractivity contribution in [3.8, 4) is 11.1 Å². The molecule has 0 saturated heterocycles. The standard InChI is InChI=1S/C19H14F2N2O2/c1-9-17(10(2)25-23-9)11-4-6-16-13(7-11)18(19(24)22-16)12-3-5-14(20)15(21)8-12/h3-8,18H,1-2H3,(H,22,24). The highest BCUT2D eigenvalue weighted by molar-refractivity contribution is 6.05. The van der Waals surface area contributed by atoms with Crippen molar-refractivity contribution in [1.82, 2.24) is 5.16 Å². The Labute approximate surface area is 142 Å². The van der Waals surface area contributed by atoms with E-state index >= 15 is 0 Å². The molecule has 1 atom stereocenters. The molecule has 0 spiro atoms. The van der Waals surface area contributed by atoms with E-state index in [1.165, 1.54) is 6.07 Å². The number of nitrogens with one attached hydrogen (secondary N) is 1. The monoisotopic (exact) mass is 340 g/mol. The number of aromatic nitrogens is 1. The summed E-state index contributed by atoms with van der Waals surface area (Å²) in [4.78, 5) is 12.4. The fourth-order valence-corrected chi connectivity index (χ4v) is 3.34. The SMILES string of the molecule is Cc1noc(C)c1-c1ccc2c(c1)C(c1ccc(F)c(F)c1)C(=O)N2. The van der Waals surface area contributed by atoms with Crippen molar-refractivity contribution < 1.29 is 18.1 Å². The number of amides is 1. The van der Waals surface area contributed by atoms with Gasteiger partial charge in [0.25, 0.3) is 0 Å². The summed E-state index contributed by atoms with van der Waals surface area (Å²) in [6.07, 6.45) is 0. The highest BCUT2D eigenvalue weighted by Gasteiger charge is 2.33. The number of nitrogens with zero attached hydrogens (tertiary/aromatic N) is 1. The second-order valence-electron chi connectivity index (χ2n) is 6.10. The summed E-state index contributed by atoms with van der Waals surface area (Å²) in [7, 11) is 0. The van der Waals surface area contributed by atoms with Crippen molar-refractivity contribution >= 4 is 11.6 Å². The van der Waals surface area contributed by atoms with E-state index in [0.717, 1.165) is 29.0 Å². The fourth-order valence-electron chi connectivity index (χ4n) is 3.34. The lowest BCUT2D eigenvalue weighted by Gasteiger charge is -2.11. The number of fused-ring (bicyclic) bond motifs is 1. The first-order valence-electron chi connectivity index (χ1n) is 7.78. The van der Waals surface area contributed by atoms with Gasteiger partial charge in [0, 0.05) is 11.3 Å². The van der Waals surface area contributed by atoms with Crippen LogP contribution in [0.5, 0.6) is 0 Å². The summed E-state index contributed by atoms with van der Waals surface area (Å²) in [5, 5.41) is 6.74. The van der Waals surface area contributed by atoms with E-state index in [-0.39, 0.29) is 5.91 Å². The Morgan fingerprint density at radius 1 is 1.08 bits per heavy atom. The van der Waals surface area contributed by atoms with Gasteiger partial charge in [0.05, 0.1) is 11.6 Å². The molecule has 1 unspecified atom stereocenters. The van der Waals surface area contributed by atoms with Gasteiger partial charge >= 0.3 is 0 Å². The lowest BCUT2D eigenvalue weighted by molar-refractivity contribution is -0.116. The van der Waals surface area contributed by atoms with E-state index in [1.807, 2.05) is 26.0 Å². The number of rotatable bonds is 2. The highest BCUT2D eigenvalue weighted by Crippen LogP contribution is 2.40. The van der Waals surface area contributed by atoms with Crippen molar-refractivity contribution in [3.63, 3.8) is 0 Å². The maximum Gasteiger partial charge on any atom is 0.236 e. The van der Waals surface area contributed by atoms with Crippen LogP contribution < -0.4 is 5.32 Å².